The Hall–Kier alpha value is -3.00. The molecule has 158 valence electrons. The number of oxazole rings is 1. The molecule has 1 fully saturated rings. The van der Waals surface area contributed by atoms with Gasteiger partial charge in [0.05, 0.1) is 23.6 Å². The van der Waals surface area contributed by atoms with Gasteiger partial charge in [0.25, 0.3) is 5.91 Å². The van der Waals surface area contributed by atoms with Gasteiger partial charge in [-0.25, -0.2) is 4.98 Å². The molecule has 30 heavy (non-hydrogen) atoms. The number of carbonyl (C=O) groups is 1. The lowest BCUT2D eigenvalue weighted by Gasteiger charge is -2.35. The molecule has 0 bridgehead atoms. The van der Waals surface area contributed by atoms with Gasteiger partial charge in [-0.2, -0.15) is 15.0 Å². The van der Waals surface area contributed by atoms with Crippen molar-refractivity contribution < 1.29 is 14.3 Å². The molecule has 0 radical (unpaired) electrons. The molecule has 1 amide bonds. The first kappa shape index (κ1) is 20.3. The minimum absolute atomic E-state index is 0.0161. The third-order valence-electron chi connectivity index (χ3n) is 5.49. The van der Waals surface area contributed by atoms with E-state index in [2.05, 4.69) is 15.2 Å². The van der Waals surface area contributed by atoms with Gasteiger partial charge < -0.3 is 14.4 Å². The SMILES string of the molecule is Cc1oc(C[C@H]2CCCCN2C(=O)c2ccccc2-n2nccn2)nc1C(C)(C)O. The van der Waals surface area contributed by atoms with Crippen LogP contribution in [0.2, 0.25) is 0 Å². The monoisotopic (exact) mass is 409 g/mol. The van der Waals surface area contributed by atoms with Crippen molar-refractivity contribution in [3.05, 3.63) is 59.6 Å². The van der Waals surface area contributed by atoms with Gasteiger partial charge in [-0.3, -0.25) is 4.79 Å². The molecule has 3 heterocycles. The Balaban J connectivity index is 1.60. The lowest BCUT2D eigenvalue weighted by molar-refractivity contribution is 0.0603. The zero-order valence-corrected chi connectivity index (χ0v) is 17.6. The van der Waals surface area contributed by atoms with E-state index in [0.29, 0.717) is 41.6 Å². The average Bonchev–Trinajstić information content (AvgIpc) is 3.37. The number of aliphatic hydroxyl groups is 1. The third kappa shape index (κ3) is 4.00. The predicted molar refractivity (Wildman–Crippen MR) is 110 cm³/mol. The average molecular weight is 409 g/mol. The number of rotatable bonds is 5. The number of amides is 1. The van der Waals surface area contributed by atoms with Crippen molar-refractivity contribution in [2.75, 3.05) is 6.54 Å². The molecule has 8 nitrogen and oxygen atoms in total. The molecule has 0 aliphatic carbocycles. The largest absolute Gasteiger partial charge is 0.446 e. The van der Waals surface area contributed by atoms with Crippen molar-refractivity contribution in [3.8, 4) is 5.69 Å². The van der Waals surface area contributed by atoms with Crippen LogP contribution in [0.5, 0.6) is 0 Å². The first-order valence-corrected chi connectivity index (χ1v) is 10.3. The van der Waals surface area contributed by atoms with Gasteiger partial charge in [-0.1, -0.05) is 12.1 Å². The number of piperidine rings is 1. The summed E-state index contributed by atoms with van der Waals surface area (Å²) in [4.78, 5) is 21.4. The van der Waals surface area contributed by atoms with Gasteiger partial charge in [-0.05, 0) is 52.2 Å². The van der Waals surface area contributed by atoms with E-state index in [1.807, 2.05) is 29.2 Å². The summed E-state index contributed by atoms with van der Waals surface area (Å²) in [5.41, 5.74) is 0.708. The minimum atomic E-state index is -1.07. The van der Waals surface area contributed by atoms with Crippen molar-refractivity contribution >= 4 is 5.91 Å². The van der Waals surface area contributed by atoms with Crippen LogP contribution in [-0.4, -0.2) is 48.5 Å². The summed E-state index contributed by atoms with van der Waals surface area (Å²) in [6.07, 6.45) is 6.60. The lowest BCUT2D eigenvalue weighted by Crippen LogP contribution is -2.45. The summed E-state index contributed by atoms with van der Waals surface area (Å²) in [5.74, 6) is 1.12. The highest BCUT2D eigenvalue weighted by molar-refractivity contribution is 5.98. The third-order valence-corrected chi connectivity index (χ3v) is 5.49. The number of carbonyl (C=O) groups excluding carboxylic acids is 1. The highest BCUT2D eigenvalue weighted by Crippen LogP contribution is 2.28. The van der Waals surface area contributed by atoms with Crippen LogP contribution in [0.15, 0.2) is 41.1 Å². The highest BCUT2D eigenvalue weighted by atomic mass is 16.4. The Bertz CT molecular complexity index is 1020. The Morgan fingerprint density at radius 3 is 2.67 bits per heavy atom. The van der Waals surface area contributed by atoms with E-state index in [-0.39, 0.29) is 11.9 Å². The van der Waals surface area contributed by atoms with E-state index in [9.17, 15) is 9.90 Å². The van der Waals surface area contributed by atoms with E-state index in [4.69, 9.17) is 4.42 Å². The molecule has 1 N–H and O–H groups in total. The van der Waals surface area contributed by atoms with Crippen molar-refractivity contribution in [1.29, 1.82) is 0 Å². The fraction of sp³-hybridized carbons (Fsp3) is 0.455. The Morgan fingerprint density at radius 2 is 1.97 bits per heavy atom. The molecule has 3 aromatic rings. The quantitative estimate of drug-likeness (QED) is 0.696. The first-order chi connectivity index (χ1) is 14.3. The zero-order valence-electron chi connectivity index (χ0n) is 17.6. The second-order valence-electron chi connectivity index (χ2n) is 8.26. The molecule has 1 atom stereocenters. The molecule has 1 aliphatic rings. The Labute approximate surface area is 175 Å². The van der Waals surface area contributed by atoms with E-state index < -0.39 is 5.60 Å². The van der Waals surface area contributed by atoms with Crippen molar-refractivity contribution in [3.63, 3.8) is 0 Å². The number of hydrogen-bond donors (Lipinski definition) is 1. The smallest absolute Gasteiger partial charge is 0.256 e. The molecule has 1 aliphatic heterocycles. The summed E-state index contributed by atoms with van der Waals surface area (Å²) in [7, 11) is 0. The van der Waals surface area contributed by atoms with Gasteiger partial charge in [0.1, 0.15) is 17.1 Å². The number of hydrogen-bond acceptors (Lipinski definition) is 6. The summed E-state index contributed by atoms with van der Waals surface area (Å²) >= 11 is 0. The second kappa shape index (κ2) is 8.02. The minimum Gasteiger partial charge on any atom is -0.446 e. The first-order valence-electron chi connectivity index (χ1n) is 10.3. The van der Waals surface area contributed by atoms with Crippen molar-refractivity contribution in [2.45, 2.75) is 58.1 Å². The summed E-state index contributed by atoms with van der Waals surface area (Å²) in [6, 6.07) is 7.37. The van der Waals surface area contributed by atoms with Crippen LogP contribution < -0.4 is 0 Å². The van der Waals surface area contributed by atoms with Crippen LogP contribution in [-0.2, 0) is 12.0 Å². The molecule has 1 saturated heterocycles. The van der Waals surface area contributed by atoms with Crippen LogP contribution in [0.1, 0.15) is 60.8 Å². The van der Waals surface area contributed by atoms with Gasteiger partial charge >= 0.3 is 0 Å². The van der Waals surface area contributed by atoms with E-state index >= 15 is 0 Å². The second-order valence-corrected chi connectivity index (χ2v) is 8.26. The standard InChI is InChI=1S/C22H27N5O3/c1-15-20(22(2,3)29)25-19(30-15)14-16-8-6-7-13-26(16)21(28)17-9-4-5-10-18(17)27-23-11-12-24-27/h4-5,9-12,16,29H,6-8,13-14H2,1-3H3/t16-/m1/s1. The predicted octanol–water partition coefficient (Wildman–Crippen LogP) is 3.03. The van der Waals surface area contributed by atoms with Gasteiger partial charge in [0.15, 0.2) is 5.89 Å². The van der Waals surface area contributed by atoms with Crippen molar-refractivity contribution in [2.24, 2.45) is 0 Å². The Morgan fingerprint density at radius 1 is 1.23 bits per heavy atom. The van der Waals surface area contributed by atoms with Crippen LogP contribution in [0.4, 0.5) is 0 Å². The topological polar surface area (TPSA) is 97.3 Å². The van der Waals surface area contributed by atoms with Crippen LogP contribution in [0.25, 0.3) is 5.69 Å². The van der Waals surface area contributed by atoms with E-state index in [1.165, 1.54) is 4.80 Å². The molecule has 8 heteroatoms. The maximum absolute atomic E-state index is 13.5. The zero-order chi connectivity index (χ0) is 21.3. The summed E-state index contributed by atoms with van der Waals surface area (Å²) in [6.45, 7) is 5.87. The molecule has 0 saturated carbocycles. The summed E-state index contributed by atoms with van der Waals surface area (Å²) in [5, 5.41) is 18.7. The Kier molecular flexibility index (Phi) is 5.42. The molecular formula is C22H27N5O3. The molecule has 1 aromatic carbocycles. The van der Waals surface area contributed by atoms with Gasteiger partial charge in [0.2, 0.25) is 0 Å². The number of nitrogens with zero attached hydrogens (tertiary/aromatic N) is 5. The number of likely N-dealkylation sites (tertiary alicyclic amines) is 1. The molecule has 2 aromatic heterocycles. The van der Waals surface area contributed by atoms with E-state index in [1.54, 1.807) is 33.2 Å². The molecule has 4 rings (SSSR count). The molecule has 0 spiro atoms. The number of para-hydroxylation sites is 1. The highest BCUT2D eigenvalue weighted by Gasteiger charge is 2.32. The number of benzene rings is 1. The van der Waals surface area contributed by atoms with Gasteiger partial charge in [0, 0.05) is 19.0 Å². The number of aromatic nitrogens is 4. The lowest BCUT2D eigenvalue weighted by atomic mass is 9.97. The fourth-order valence-corrected chi connectivity index (χ4v) is 4.11. The van der Waals surface area contributed by atoms with E-state index in [0.717, 1.165) is 19.3 Å². The van der Waals surface area contributed by atoms with Crippen molar-refractivity contribution in [1.82, 2.24) is 24.9 Å². The fourth-order valence-electron chi connectivity index (χ4n) is 4.11. The summed E-state index contributed by atoms with van der Waals surface area (Å²) < 4.78 is 5.83. The van der Waals surface area contributed by atoms with Crippen LogP contribution in [0, 0.1) is 6.92 Å². The molecule has 0 unspecified atom stereocenters. The number of aryl methyl sites for hydroxylation is 1. The maximum atomic E-state index is 13.5. The molecular weight excluding hydrogens is 382 g/mol. The van der Waals surface area contributed by atoms with Crippen LogP contribution in [0.3, 0.4) is 0 Å². The maximum Gasteiger partial charge on any atom is 0.256 e. The normalized spacial score (nSPS) is 17.3. The van der Waals surface area contributed by atoms with Gasteiger partial charge in [-0.15, -0.1) is 0 Å². The van der Waals surface area contributed by atoms with Crippen LogP contribution >= 0.6 is 0 Å².